The van der Waals surface area contributed by atoms with Crippen LogP contribution in [0, 0.1) is 12.7 Å². The van der Waals surface area contributed by atoms with Crippen molar-refractivity contribution in [3.63, 3.8) is 0 Å². The number of pyridine rings is 1. The Bertz CT molecular complexity index is 1010. The standard InChI is InChI=1S/C20H18F4N4/c1-13-3-2-6-25-19(13)18-10-16-12-27(7-8-28(16)26-18)11-14-4-5-15(9-17(14)21)20(22,23)24/h2-6,9-10H,7-8,11-12H2,1H3. The number of benzene rings is 1. The second kappa shape index (κ2) is 7.01. The number of aryl methyl sites for hydroxylation is 1. The summed E-state index contributed by atoms with van der Waals surface area (Å²) in [5.74, 6) is -0.835. The van der Waals surface area contributed by atoms with Crippen LogP contribution in [0.15, 0.2) is 42.6 Å². The van der Waals surface area contributed by atoms with E-state index in [1.165, 1.54) is 6.07 Å². The maximum Gasteiger partial charge on any atom is 0.416 e. The van der Waals surface area contributed by atoms with E-state index in [4.69, 9.17) is 0 Å². The molecule has 3 heterocycles. The molecule has 0 saturated carbocycles. The van der Waals surface area contributed by atoms with E-state index >= 15 is 0 Å². The molecule has 0 radical (unpaired) electrons. The van der Waals surface area contributed by atoms with Crippen LogP contribution in [0.3, 0.4) is 0 Å². The van der Waals surface area contributed by atoms with E-state index < -0.39 is 17.6 Å². The molecule has 1 aliphatic rings. The summed E-state index contributed by atoms with van der Waals surface area (Å²) >= 11 is 0. The smallest absolute Gasteiger partial charge is 0.291 e. The number of hydrogen-bond acceptors (Lipinski definition) is 3. The molecule has 0 saturated heterocycles. The first-order valence-electron chi connectivity index (χ1n) is 8.88. The third kappa shape index (κ3) is 3.64. The van der Waals surface area contributed by atoms with Gasteiger partial charge in [-0.25, -0.2) is 4.39 Å². The van der Waals surface area contributed by atoms with E-state index in [-0.39, 0.29) is 12.1 Å². The first kappa shape index (κ1) is 18.6. The molecule has 2 aromatic heterocycles. The molecule has 3 aromatic rings. The minimum atomic E-state index is -4.54. The first-order chi connectivity index (χ1) is 13.3. The van der Waals surface area contributed by atoms with Crippen molar-refractivity contribution in [2.45, 2.75) is 32.7 Å². The number of fused-ring (bicyclic) bond motifs is 1. The number of aromatic nitrogens is 3. The Morgan fingerprint density at radius 2 is 1.93 bits per heavy atom. The van der Waals surface area contributed by atoms with Gasteiger partial charge >= 0.3 is 6.18 Å². The molecule has 0 aliphatic carbocycles. The summed E-state index contributed by atoms with van der Waals surface area (Å²) in [6.07, 6.45) is -2.82. The van der Waals surface area contributed by atoms with Crippen molar-refractivity contribution in [2.75, 3.05) is 6.54 Å². The lowest BCUT2D eigenvalue weighted by Gasteiger charge is -2.27. The minimum absolute atomic E-state index is 0.243. The van der Waals surface area contributed by atoms with Crippen LogP contribution in [0.1, 0.15) is 22.4 Å². The largest absolute Gasteiger partial charge is 0.416 e. The molecule has 0 fully saturated rings. The summed E-state index contributed by atoms with van der Waals surface area (Å²) in [5, 5.41) is 4.61. The van der Waals surface area contributed by atoms with Gasteiger partial charge in [-0.05, 0) is 36.8 Å². The van der Waals surface area contributed by atoms with Gasteiger partial charge in [0.15, 0.2) is 0 Å². The highest BCUT2D eigenvalue weighted by atomic mass is 19.4. The molecule has 0 atom stereocenters. The van der Waals surface area contributed by atoms with Crippen LogP contribution in [0.25, 0.3) is 11.4 Å². The quantitative estimate of drug-likeness (QED) is 0.621. The second-order valence-corrected chi connectivity index (χ2v) is 6.93. The lowest BCUT2D eigenvalue weighted by atomic mass is 10.1. The number of hydrogen-bond donors (Lipinski definition) is 0. The molecule has 4 nitrogen and oxygen atoms in total. The van der Waals surface area contributed by atoms with Gasteiger partial charge in [-0.1, -0.05) is 12.1 Å². The fourth-order valence-electron chi connectivity index (χ4n) is 3.42. The zero-order valence-corrected chi connectivity index (χ0v) is 15.2. The molecule has 1 aromatic carbocycles. The predicted octanol–water partition coefficient (Wildman–Crippen LogP) is 4.43. The molecule has 8 heteroatoms. The van der Waals surface area contributed by atoms with Gasteiger partial charge in [0.1, 0.15) is 11.5 Å². The van der Waals surface area contributed by atoms with E-state index in [0.29, 0.717) is 25.7 Å². The lowest BCUT2D eigenvalue weighted by molar-refractivity contribution is -0.137. The maximum absolute atomic E-state index is 14.1. The predicted molar refractivity (Wildman–Crippen MR) is 95.7 cm³/mol. The Labute approximate surface area is 159 Å². The van der Waals surface area contributed by atoms with Gasteiger partial charge in [-0.3, -0.25) is 14.6 Å². The highest BCUT2D eigenvalue weighted by Crippen LogP contribution is 2.31. The van der Waals surface area contributed by atoms with Crippen molar-refractivity contribution in [3.8, 4) is 11.4 Å². The summed E-state index contributed by atoms with van der Waals surface area (Å²) in [4.78, 5) is 6.39. The van der Waals surface area contributed by atoms with Crippen molar-refractivity contribution in [2.24, 2.45) is 0 Å². The van der Waals surface area contributed by atoms with Crippen molar-refractivity contribution >= 4 is 0 Å². The minimum Gasteiger partial charge on any atom is -0.291 e. The third-order valence-electron chi connectivity index (χ3n) is 4.90. The molecule has 1 aliphatic heterocycles. The highest BCUT2D eigenvalue weighted by molar-refractivity contribution is 5.58. The monoisotopic (exact) mass is 390 g/mol. The zero-order chi connectivity index (χ0) is 19.9. The summed E-state index contributed by atoms with van der Waals surface area (Å²) < 4.78 is 54.2. The average Bonchev–Trinajstić information content (AvgIpc) is 3.06. The topological polar surface area (TPSA) is 34.0 Å². The SMILES string of the molecule is Cc1cccnc1-c1cc2n(n1)CCN(Cc1ccc(C(F)(F)F)cc1F)C2. The molecule has 146 valence electrons. The number of halogens is 4. The molecule has 0 amide bonds. The van der Waals surface area contributed by atoms with E-state index in [1.807, 2.05) is 34.7 Å². The van der Waals surface area contributed by atoms with Crippen molar-refractivity contribution < 1.29 is 17.6 Å². The Morgan fingerprint density at radius 3 is 2.64 bits per heavy atom. The Kier molecular flexibility index (Phi) is 4.66. The van der Waals surface area contributed by atoms with Gasteiger partial charge in [0.2, 0.25) is 0 Å². The fourth-order valence-corrected chi connectivity index (χ4v) is 3.42. The normalized spacial score (nSPS) is 14.9. The van der Waals surface area contributed by atoms with Gasteiger partial charge in [-0.2, -0.15) is 18.3 Å². The first-order valence-corrected chi connectivity index (χ1v) is 8.88. The van der Waals surface area contributed by atoms with Crippen molar-refractivity contribution in [1.29, 1.82) is 0 Å². The average molecular weight is 390 g/mol. The molecule has 0 unspecified atom stereocenters. The molecule has 0 spiro atoms. The maximum atomic E-state index is 14.1. The Morgan fingerprint density at radius 1 is 1.11 bits per heavy atom. The van der Waals surface area contributed by atoms with Crippen LogP contribution in [-0.2, 0) is 25.8 Å². The van der Waals surface area contributed by atoms with Crippen LogP contribution in [0.4, 0.5) is 17.6 Å². The molecule has 4 rings (SSSR count). The second-order valence-electron chi connectivity index (χ2n) is 6.93. The summed E-state index contributed by atoms with van der Waals surface area (Å²) in [5.41, 5.74) is 2.89. The van der Waals surface area contributed by atoms with Gasteiger partial charge in [0.25, 0.3) is 0 Å². The number of rotatable bonds is 3. The van der Waals surface area contributed by atoms with Crippen LogP contribution in [0.5, 0.6) is 0 Å². The zero-order valence-electron chi connectivity index (χ0n) is 15.2. The van der Waals surface area contributed by atoms with E-state index in [0.717, 1.165) is 28.7 Å². The van der Waals surface area contributed by atoms with Crippen molar-refractivity contribution in [1.82, 2.24) is 19.7 Å². The molecule has 28 heavy (non-hydrogen) atoms. The van der Waals surface area contributed by atoms with Gasteiger partial charge in [0.05, 0.1) is 23.5 Å². The van der Waals surface area contributed by atoms with E-state index in [1.54, 1.807) is 6.20 Å². The highest BCUT2D eigenvalue weighted by Gasteiger charge is 2.31. The van der Waals surface area contributed by atoms with Gasteiger partial charge in [-0.15, -0.1) is 0 Å². The van der Waals surface area contributed by atoms with Crippen LogP contribution in [0.2, 0.25) is 0 Å². The third-order valence-corrected chi connectivity index (χ3v) is 4.90. The summed E-state index contributed by atoms with van der Waals surface area (Å²) in [6, 6.07) is 8.51. The Balaban J connectivity index is 1.51. The lowest BCUT2D eigenvalue weighted by Crippen LogP contribution is -2.33. The fraction of sp³-hybridized carbons (Fsp3) is 0.300. The van der Waals surface area contributed by atoms with E-state index in [2.05, 4.69) is 10.1 Å². The summed E-state index contributed by atoms with van der Waals surface area (Å²) in [7, 11) is 0. The molecule has 0 bridgehead atoms. The van der Waals surface area contributed by atoms with E-state index in [9.17, 15) is 17.6 Å². The Hall–Kier alpha value is -2.74. The molecular formula is C20H18F4N4. The molecule has 0 N–H and O–H groups in total. The van der Waals surface area contributed by atoms with Crippen molar-refractivity contribution in [3.05, 3.63) is 70.8 Å². The van der Waals surface area contributed by atoms with Gasteiger partial charge in [0, 0.05) is 31.4 Å². The molecular weight excluding hydrogens is 372 g/mol. The van der Waals surface area contributed by atoms with Crippen LogP contribution >= 0.6 is 0 Å². The van der Waals surface area contributed by atoms with Crippen LogP contribution < -0.4 is 0 Å². The number of alkyl halides is 3. The summed E-state index contributed by atoms with van der Waals surface area (Å²) in [6.45, 7) is 4.02. The van der Waals surface area contributed by atoms with Gasteiger partial charge < -0.3 is 0 Å². The number of nitrogens with zero attached hydrogens (tertiary/aromatic N) is 4. The van der Waals surface area contributed by atoms with Crippen LogP contribution in [-0.4, -0.2) is 26.2 Å².